The number of sulfonamides is 1. The van der Waals surface area contributed by atoms with E-state index < -0.39 is 21.7 Å². The van der Waals surface area contributed by atoms with Crippen molar-refractivity contribution in [3.05, 3.63) is 89.0 Å². The maximum atomic E-state index is 14.2. The lowest BCUT2D eigenvalue weighted by Crippen LogP contribution is -2.31. The summed E-state index contributed by atoms with van der Waals surface area (Å²) in [5.74, 6) is -1.16. The van der Waals surface area contributed by atoms with E-state index in [4.69, 9.17) is 16.3 Å². The van der Waals surface area contributed by atoms with Crippen molar-refractivity contribution in [2.45, 2.75) is 11.4 Å². The Bertz CT molecular complexity index is 1110. The highest BCUT2D eigenvalue weighted by molar-refractivity contribution is 7.93. The predicted molar refractivity (Wildman–Crippen MR) is 104 cm³/mol. The molecule has 0 aliphatic rings. The Hall–Kier alpha value is -2.64. The summed E-state index contributed by atoms with van der Waals surface area (Å²) in [7, 11) is -2.70. The van der Waals surface area contributed by atoms with Gasteiger partial charge in [-0.2, -0.15) is 0 Å². The minimum atomic E-state index is -4.15. The maximum absolute atomic E-state index is 14.2. The van der Waals surface area contributed by atoms with Gasteiger partial charge in [0.1, 0.15) is 22.3 Å². The Morgan fingerprint density at radius 1 is 1.00 bits per heavy atom. The molecule has 0 aromatic heterocycles. The third-order valence-electron chi connectivity index (χ3n) is 4.08. The number of benzene rings is 3. The summed E-state index contributed by atoms with van der Waals surface area (Å²) in [6.07, 6.45) is 0. The zero-order valence-electron chi connectivity index (χ0n) is 14.8. The van der Waals surface area contributed by atoms with Gasteiger partial charge in [0.15, 0.2) is 0 Å². The molecule has 28 heavy (non-hydrogen) atoms. The van der Waals surface area contributed by atoms with Crippen LogP contribution >= 0.6 is 11.6 Å². The Balaban J connectivity index is 2.15. The lowest BCUT2D eigenvalue weighted by Gasteiger charge is -2.25. The van der Waals surface area contributed by atoms with Crippen LogP contribution in [0.5, 0.6) is 5.75 Å². The van der Waals surface area contributed by atoms with Crippen LogP contribution < -0.4 is 9.04 Å². The van der Waals surface area contributed by atoms with Crippen molar-refractivity contribution in [2.24, 2.45) is 0 Å². The lowest BCUT2D eigenvalue weighted by molar-refractivity contribution is 0.415. The van der Waals surface area contributed by atoms with Gasteiger partial charge < -0.3 is 4.74 Å². The van der Waals surface area contributed by atoms with Gasteiger partial charge >= 0.3 is 0 Å². The van der Waals surface area contributed by atoms with Gasteiger partial charge in [-0.15, -0.1) is 0 Å². The molecule has 3 rings (SSSR count). The molecule has 0 unspecified atom stereocenters. The number of hydrogen-bond donors (Lipinski definition) is 0. The molecule has 0 amide bonds. The first kappa shape index (κ1) is 20.1. The van der Waals surface area contributed by atoms with Crippen molar-refractivity contribution in [2.75, 3.05) is 11.4 Å². The maximum Gasteiger partial charge on any atom is 0.266 e. The van der Waals surface area contributed by atoms with Gasteiger partial charge in [-0.3, -0.25) is 4.31 Å². The molecule has 8 heteroatoms. The van der Waals surface area contributed by atoms with Crippen LogP contribution in [0.25, 0.3) is 0 Å². The van der Waals surface area contributed by atoms with Crippen LogP contribution in [-0.2, 0) is 16.6 Å². The fraction of sp³-hybridized carbons (Fsp3) is 0.100. The summed E-state index contributed by atoms with van der Waals surface area (Å²) in [5, 5.41) is 0.0370. The van der Waals surface area contributed by atoms with Gasteiger partial charge in [0.2, 0.25) is 0 Å². The predicted octanol–water partition coefficient (Wildman–Crippen LogP) is 5.02. The Morgan fingerprint density at radius 3 is 2.43 bits per heavy atom. The first-order valence-corrected chi connectivity index (χ1v) is 10.00. The van der Waals surface area contributed by atoms with Gasteiger partial charge in [0, 0.05) is 17.7 Å². The zero-order valence-corrected chi connectivity index (χ0v) is 16.3. The molecule has 0 heterocycles. The van der Waals surface area contributed by atoms with Gasteiger partial charge in [0.05, 0.1) is 24.4 Å². The molecule has 4 nitrogen and oxygen atoms in total. The minimum Gasteiger partial charge on any atom is -0.497 e. The van der Waals surface area contributed by atoms with E-state index in [0.717, 1.165) is 10.4 Å². The third kappa shape index (κ3) is 4.10. The Morgan fingerprint density at radius 2 is 1.75 bits per heavy atom. The molecule has 0 aliphatic carbocycles. The average molecular weight is 424 g/mol. The molecular formula is C20H16ClF2NO3S. The van der Waals surface area contributed by atoms with E-state index in [1.54, 1.807) is 30.3 Å². The molecule has 0 fully saturated rings. The molecule has 146 valence electrons. The van der Waals surface area contributed by atoms with E-state index in [2.05, 4.69) is 0 Å². The fourth-order valence-corrected chi connectivity index (χ4v) is 4.59. The highest BCUT2D eigenvalue weighted by Gasteiger charge is 2.28. The topological polar surface area (TPSA) is 46.6 Å². The molecular weight excluding hydrogens is 408 g/mol. The molecule has 0 spiro atoms. The number of ether oxygens (including phenoxy) is 1. The molecule has 3 aromatic carbocycles. The van der Waals surface area contributed by atoms with Gasteiger partial charge in [-0.1, -0.05) is 35.9 Å². The van der Waals surface area contributed by atoms with Crippen molar-refractivity contribution in [3.8, 4) is 5.75 Å². The van der Waals surface area contributed by atoms with E-state index in [1.807, 2.05) is 0 Å². The molecule has 0 radical (unpaired) electrons. The largest absolute Gasteiger partial charge is 0.497 e. The highest BCUT2D eigenvalue weighted by atomic mass is 35.5. The molecule has 0 bridgehead atoms. The van der Waals surface area contributed by atoms with E-state index in [-0.39, 0.29) is 27.7 Å². The van der Waals surface area contributed by atoms with E-state index in [1.165, 1.54) is 31.4 Å². The molecule has 0 saturated carbocycles. The summed E-state index contributed by atoms with van der Waals surface area (Å²) in [5.41, 5.74) is 0.267. The van der Waals surface area contributed by atoms with Crippen LogP contribution in [0.3, 0.4) is 0 Å². The summed E-state index contributed by atoms with van der Waals surface area (Å²) in [6, 6.07) is 15.3. The molecule has 0 aliphatic heterocycles. The molecule has 0 saturated heterocycles. The Labute approximate surface area is 167 Å². The molecule has 0 N–H and O–H groups in total. The summed E-state index contributed by atoms with van der Waals surface area (Å²) in [6.45, 7) is -0.354. The van der Waals surface area contributed by atoms with Crippen LogP contribution in [0.15, 0.2) is 71.6 Å². The van der Waals surface area contributed by atoms with E-state index in [0.29, 0.717) is 11.8 Å². The van der Waals surface area contributed by atoms with Crippen molar-refractivity contribution >= 4 is 27.3 Å². The Kier molecular flexibility index (Phi) is 5.86. The lowest BCUT2D eigenvalue weighted by atomic mass is 10.2. The summed E-state index contributed by atoms with van der Waals surface area (Å²) < 4.78 is 60.3. The van der Waals surface area contributed by atoms with Gasteiger partial charge in [0.25, 0.3) is 10.0 Å². The van der Waals surface area contributed by atoms with Gasteiger partial charge in [-0.05, 0) is 30.3 Å². The quantitative estimate of drug-likeness (QED) is 0.559. The smallest absolute Gasteiger partial charge is 0.266 e. The molecule has 0 atom stereocenters. The number of nitrogens with zero attached hydrogens (tertiary/aromatic N) is 1. The van der Waals surface area contributed by atoms with Crippen LogP contribution in [0.4, 0.5) is 14.5 Å². The first-order valence-electron chi connectivity index (χ1n) is 8.18. The number of methoxy groups -OCH3 is 1. The number of rotatable bonds is 6. The normalized spacial score (nSPS) is 11.3. The van der Waals surface area contributed by atoms with Gasteiger partial charge in [-0.25, -0.2) is 17.2 Å². The molecule has 3 aromatic rings. The first-order chi connectivity index (χ1) is 13.3. The monoisotopic (exact) mass is 423 g/mol. The van der Waals surface area contributed by atoms with Crippen molar-refractivity contribution < 1.29 is 21.9 Å². The van der Waals surface area contributed by atoms with Crippen LogP contribution in [-0.4, -0.2) is 15.5 Å². The van der Waals surface area contributed by atoms with Crippen LogP contribution in [0, 0.1) is 11.6 Å². The second-order valence-electron chi connectivity index (χ2n) is 5.88. The number of anilines is 1. The van der Waals surface area contributed by atoms with Crippen LogP contribution in [0.2, 0.25) is 5.02 Å². The number of hydrogen-bond acceptors (Lipinski definition) is 3. The summed E-state index contributed by atoms with van der Waals surface area (Å²) >= 11 is 6.10. The fourth-order valence-electron chi connectivity index (χ4n) is 2.66. The summed E-state index contributed by atoms with van der Waals surface area (Å²) in [4.78, 5) is -0.123. The number of halogens is 3. The zero-order chi connectivity index (χ0) is 20.3. The van der Waals surface area contributed by atoms with E-state index in [9.17, 15) is 17.2 Å². The average Bonchev–Trinajstić information content (AvgIpc) is 2.67. The highest BCUT2D eigenvalue weighted by Crippen LogP contribution is 2.32. The second-order valence-corrected chi connectivity index (χ2v) is 8.12. The van der Waals surface area contributed by atoms with Crippen molar-refractivity contribution in [3.63, 3.8) is 0 Å². The third-order valence-corrected chi connectivity index (χ3v) is 6.35. The van der Waals surface area contributed by atoms with E-state index >= 15 is 0 Å². The SMILES string of the molecule is COc1cccc(N(Cc2ccc(F)cc2F)S(=O)(=O)c2ccccc2Cl)c1. The van der Waals surface area contributed by atoms with Crippen molar-refractivity contribution in [1.29, 1.82) is 0 Å². The minimum absolute atomic E-state index is 0.0137. The second kappa shape index (κ2) is 8.16. The van der Waals surface area contributed by atoms with Crippen LogP contribution in [0.1, 0.15) is 5.56 Å². The van der Waals surface area contributed by atoms with Crippen molar-refractivity contribution in [1.82, 2.24) is 0 Å². The standard InChI is InChI=1S/C20H16ClF2NO3S/c1-27-17-6-4-5-16(12-17)24(13-14-9-10-15(22)11-19(14)23)28(25,26)20-8-3-2-7-18(20)21/h2-12H,13H2,1H3.